The Labute approximate surface area is 98.5 Å². The van der Waals surface area contributed by atoms with Crippen molar-refractivity contribution in [3.63, 3.8) is 0 Å². The molecule has 0 amide bonds. The third-order valence-electron chi connectivity index (χ3n) is 1.89. The number of halogens is 1. The van der Waals surface area contributed by atoms with Crippen LogP contribution in [0.2, 0.25) is 0 Å². The number of carbonyl (C=O) groups is 1. The Kier molecular flexibility index (Phi) is 6.51. The Morgan fingerprint density at radius 3 is 2.87 bits per heavy atom. The van der Waals surface area contributed by atoms with Gasteiger partial charge in [-0.25, -0.2) is 0 Å². The van der Waals surface area contributed by atoms with Crippen molar-refractivity contribution in [1.82, 2.24) is 0 Å². The maximum atomic E-state index is 10.9. The van der Waals surface area contributed by atoms with Crippen LogP contribution in [-0.2, 0) is 9.53 Å². The van der Waals surface area contributed by atoms with Gasteiger partial charge in [0.1, 0.15) is 0 Å². The van der Waals surface area contributed by atoms with Gasteiger partial charge >= 0.3 is 5.97 Å². The number of aliphatic hydroxyl groups is 1. The van der Waals surface area contributed by atoms with Crippen LogP contribution in [0.15, 0.2) is 17.5 Å². The molecule has 0 spiro atoms. The van der Waals surface area contributed by atoms with Gasteiger partial charge in [0.2, 0.25) is 0 Å². The molecule has 3 N–H and O–H groups in total. The van der Waals surface area contributed by atoms with Gasteiger partial charge in [-0.1, -0.05) is 6.07 Å². The Morgan fingerprint density at radius 1 is 1.73 bits per heavy atom. The van der Waals surface area contributed by atoms with Gasteiger partial charge in [0, 0.05) is 4.88 Å². The Hall–Kier alpha value is -0.620. The van der Waals surface area contributed by atoms with Crippen molar-refractivity contribution in [1.29, 1.82) is 0 Å². The summed E-state index contributed by atoms with van der Waals surface area (Å²) < 4.78 is 4.44. The monoisotopic (exact) mass is 251 g/mol. The number of aliphatic hydroxyl groups excluding tert-OH is 1. The number of esters is 1. The largest absolute Gasteiger partial charge is 0.469 e. The number of nitrogens with two attached hydrogens (primary N) is 1. The summed E-state index contributed by atoms with van der Waals surface area (Å²) in [6, 6.07) is 3.16. The fraction of sp³-hybridized carbons (Fsp3) is 0.444. The van der Waals surface area contributed by atoms with Gasteiger partial charge < -0.3 is 15.6 Å². The number of hydrogen-bond acceptors (Lipinski definition) is 5. The maximum Gasteiger partial charge on any atom is 0.308 e. The fourth-order valence-electron chi connectivity index (χ4n) is 1.05. The second-order valence-electron chi connectivity index (χ2n) is 2.89. The molecule has 0 fully saturated rings. The summed E-state index contributed by atoms with van der Waals surface area (Å²) in [6.45, 7) is 0. The van der Waals surface area contributed by atoms with Gasteiger partial charge in [0.25, 0.3) is 0 Å². The highest BCUT2D eigenvalue weighted by atomic mass is 35.5. The third-order valence-corrected chi connectivity index (χ3v) is 2.86. The fourth-order valence-corrected chi connectivity index (χ4v) is 1.84. The second-order valence-corrected chi connectivity index (χ2v) is 3.87. The molecule has 2 atom stereocenters. The number of ether oxygens (including phenoxy) is 1. The molecule has 1 heterocycles. The number of thiophene rings is 1. The van der Waals surface area contributed by atoms with E-state index in [4.69, 9.17) is 5.73 Å². The van der Waals surface area contributed by atoms with Crippen LogP contribution >= 0.6 is 23.7 Å². The average molecular weight is 252 g/mol. The Morgan fingerprint density at radius 2 is 2.40 bits per heavy atom. The lowest BCUT2D eigenvalue weighted by Crippen LogP contribution is -2.28. The van der Waals surface area contributed by atoms with Crippen LogP contribution in [0.5, 0.6) is 0 Å². The van der Waals surface area contributed by atoms with Crippen LogP contribution in [0.25, 0.3) is 0 Å². The van der Waals surface area contributed by atoms with Crippen LogP contribution in [0.4, 0.5) is 0 Å². The first-order valence-corrected chi connectivity index (χ1v) is 5.07. The summed E-state index contributed by atoms with van der Waals surface area (Å²) in [7, 11) is 1.28. The molecule has 0 bridgehead atoms. The first kappa shape index (κ1) is 14.4. The van der Waals surface area contributed by atoms with E-state index < -0.39 is 18.1 Å². The Bertz CT molecular complexity index is 292. The van der Waals surface area contributed by atoms with Crippen molar-refractivity contribution < 1.29 is 14.6 Å². The molecule has 15 heavy (non-hydrogen) atoms. The lowest BCUT2D eigenvalue weighted by Gasteiger charge is -2.15. The molecule has 0 aliphatic rings. The van der Waals surface area contributed by atoms with Gasteiger partial charge in [-0.3, -0.25) is 4.79 Å². The Balaban J connectivity index is 0.00000196. The summed E-state index contributed by atoms with van der Waals surface area (Å²) in [5.41, 5.74) is 5.74. The molecule has 86 valence electrons. The van der Waals surface area contributed by atoms with Crippen LogP contribution in [-0.4, -0.2) is 24.3 Å². The minimum atomic E-state index is -0.888. The second kappa shape index (κ2) is 6.79. The van der Waals surface area contributed by atoms with E-state index in [0.29, 0.717) is 0 Å². The number of methoxy groups -OCH3 is 1. The van der Waals surface area contributed by atoms with Gasteiger partial charge in [0.15, 0.2) is 0 Å². The quantitative estimate of drug-likeness (QED) is 0.786. The average Bonchev–Trinajstić information content (AvgIpc) is 2.69. The minimum absolute atomic E-state index is 0. The van der Waals surface area contributed by atoms with E-state index in [0.717, 1.165) is 4.88 Å². The predicted octanol–water partition coefficient (Wildman–Crippen LogP) is 1.09. The van der Waals surface area contributed by atoms with Crippen molar-refractivity contribution in [2.75, 3.05) is 7.11 Å². The van der Waals surface area contributed by atoms with Gasteiger partial charge in [-0.15, -0.1) is 23.7 Å². The van der Waals surface area contributed by atoms with Crippen molar-refractivity contribution in [3.05, 3.63) is 22.4 Å². The molecule has 0 saturated heterocycles. The van der Waals surface area contributed by atoms with Gasteiger partial charge in [-0.2, -0.15) is 0 Å². The number of carbonyl (C=O) groups excluding carboxylic acids is 1. The molecular weight excluding hydrogens is 238 g/mol. The van der Waals surface area contributed by atoms with E-state index >= 15 is 0 Å². The molecule has 0 aromatic carbocycles. The zero-order valence-electron chi connectivity index (χ0n) is 8.25. The summed E-state index contributed by atoms with van der Waals surface area (Å²) in [5.74, 6) is -0.454. The topological polar surface area (TPSA) is 72.5 Å². The summed E-state index contributed by atoms with van der Waals surface area (Å²) >= 11 is 1.46. The van der Waals surface area contributed by atoms with Gasteiger partial charge in [-0.05, 0) is 11.4 Å². The highest BCUT2D eigenvalue weighted by Crippen LogP contribution is 2.21. The molecule has 0 radical (unpaired) electrons. The molecule has 1 aromatic heterocycles. The lowest BCUT2D eigenvalue weighted by molar-refractivity contribution is -0.143. The molecule has 4 nitrogen and oxygen atoms in total. The summed E-state index contributed by atoms with van der Waals surface area (Å²) in [4.78, 5) is 11.7. The van der Waals surface area contributed by atoms with Crippen LogP contribution < -0.4 is 5.73 Å². The van der Waals surface area contributed by atoms with Gasteiger partial charge in [0.05, 0.1) is 25.7 Å². The van der Waals surface area contributed by atoms with E-state index in [9.17, 15) is 9.90 Å². The summed E-state index contributed by atoms with van der Waals surface area (Å²) in [6.07, 6.45) is -0.962. The predicted molar refractivity (Wildman–Crippen MR) is 61.1 cm³/mol. The molecule has 1 aromatic rings. The molecule has 0 aliphatic heterocycles. The lowest BCUT2D eigenvalue weighted by atomic mass is 10.1. The van der Waals surface area contributed by atoms with E-state index in [1.54, 1.807) is 0 Å². The zero-order chi connectivity index (χ0) is 10.6. The third kappa shape index (κ3) is 4.17. The molecule has 0 aliphatic carbocycles. The first-order chi connectivity index (χ1) is 6.65. The molecule has 6 heteroatoms. The maximum absolute atomic E-state index is 10.9. The minimum Gasteiger partial charge on any atom is -0.469 e. The van der Waals surface area contributed by atoms with Crippen molar-refractivity contribution >= 4 is 29.7 Å². The van der Waals surface area contributed by atoms with Crippen LogP contribution in [0.1, 0.15) is 17.3 Å². The first-order valence-electron chi connectivity index (χ1n) is 4.19. The molecule has 1 rings (SSSR count). The zero-order valence-corrected chi connectivity index (χ0v) is 9.88. The van der Waals surface area contributed by atoms with Crippen molar-refractivity contribution in [2.45, 2.75) is 18.6 Å². The normalized spacial score (nSPS) is 13.8. The number of rotatable bonds is 4. The smallest absolute Gasteiger partial charge is 0.308 e. The SMILES string of the molecule is COC(=O)CC(O)C(N)c1cccs1.Cl. The van der Waals surface area contributed by atoms with E-state index in [1.165, 1.54) is 18.4 Å². The molecule has 2 unspecified atom stereocenters. The van der Waals surface area contributed by atoms with E-state index in [2.05, 4.69) is 4.74 Å². The summed E-state index contributed by atoms with van der Waals surface area (Å²) in [5, 5.41) is 11.4. The number of hydrogen-bond donors (Lipinski definition) is 2. The van der Waals surface area contributed by atoms with E-state index in [-0.39, 0.29) is 18.8 Å². The van der Waals surface area contributed by atoms with Crippen LogP contribution in [0, 0.1) is 0 Å². The van der Waals surface area contributed by atoms with Crippen LogP contribution in [0.3, 0.4) is 0 Å². The standard InChI is InChI=1S/C9H13NO3S.ClH/c1-13-8(12)5-6(11)9(10)7-3-2-4-14-7;/h2-4,6,9,11H,5,10H2,1H3;1H. The van der Waals surface area contributed by atoms with Crippen molar-refractivity contribution in [3.8, 4) is 0 Å². The highest BCUT2D eigenvalue weighted by Gasteiger charge is 2.20. The highest BCUT2D eigenvalue weighted by molar-refractivity contribution is 7.10. The molecule has 0 saturated carbocycles. The van der Waals surface area contributed by atoms with Crippen molar-refractivity contribution in [2.24, 2.45) is 5.73 Å². The van der Waals surface area contributed by atoms with E-state index in [1.807, 2.05) is 17.5 Å². The molecular formula is C9H14ClNO3S.